The molecule has 0 aromatic heterocycles. The van der Waals surface area contributed by atoms with Gasteiger partial charge >= 0.3 is 0 Å². The zero-order valence-electron chi connectivity index (χ0n) is 8.50. The van der Waals surface area contributed by atoms with Crippen LogP contribution in [-0.4, -0.2) is 5.78 Å². The molecular formula is C13H13BrO. The fourth-order valence-corrected chi connectivity index (χ4v) is 2.08. The Hall–Kier alpha value is -0.890. The lowest BCUT2D eigenvalue weighted by Crippen LogP contribution is -2.07. The summed E-state index contributed by atoms with van der Waals surface area (Å²) in [6.45, 7) is 0. The number of rotatable bonds is 1. The van der Waals surface area contributed by atoms with Gasteiger partial charge in [0.1, 0.15) is 0 Å². The van der Waals surface area contributed by atoms with Crippen molar-refractivity contribution in [1.82, 2.24) is 0 Å². The Kier molecular flexibility index (Phi) is 3.37. The zero-order chi connectivity index (χ0) is 10.7. The van der Waals surface area contributed by atoms with Gasteiger partial charge in [-0.2, -0.15) is 0 Å². The van der Waals surface area contributed by atoms with Crippen LogP contribution in [0, 0.1) is 0 Å². The van der Waals surface area contributed by atoms with Crippen LogP contribution in [-0.2, 0) is 4.79 Å². The second kappa shape index (κ2) is 4.75. The van der Waals surface area contributed by atoms with E-state index in [0.717, 1.165) is 41.3 Å². The van der Waals surface area contributed by atoms with Crippen LogP contribution in [0.4, 0.5) is 0 Å². The fraction of sp³-hybridized carbons (Fsp3) is 0.308. The van der Waals surface area contributed by atoms with E-state index in [1.165, 1.54) is 0 Å². The number of allylic oxidation sites excluding steroid dienone is 1. The molecule has 0 aliphatic heterocycles. The fourth-order valence-electron chi connectivity index (χ4n) is 1.81. The van der Waals surface area contributed by atoms with Crippen molar-refractivity contribution in [3.8, 4) is 0 Å². The molecule has 0 atom stereocenters. The van der Waals surface area contributed by atoms with Crippen LogP contribution in [0.5, 0.6) is 0 Å². The van der Waals surface area contributed by atoms with E-state index >= 15 is 0 Å². The van der Waals surface area contributed by atoms with Crippen molar-refractivity contribution in [2.24, 2.45) is 0 Å². The number of Topliss-reactive ketones (excluding diaryl/α,β-unsaturated/α-hetero) is 1. The Morgan fingerprint density at radius 1 is 1.07 bits per heavy atom. The molecule has 0 unspecified atom stereocenters. The molecule has 1 nitrogen and oxygen atoms in total. The summed E-state index contributed by atoms with van der Waals surface area (Å²) in [6.07, 6.45) is 5.88. The van der Waals surface area contributed by atoms with E-state index in [2.05, 4.69) is 15.9 Å². The van der Waals surface area contributed by atoms with E-state index in [0.29, 0.717) is 5.78 Å². The molecule has 1 aliphatic carbocycles. The normalized spacial score (nSPS) is 19.5. The highest BCUT2D eigenvalue weighted by molar-refractivity contribution is 9.10. The highest BCUT2D eigenvalue weighted by atomic mass is 79.9. The van der Waals surface area contributed by atoms with Gasteiger partial charge in [0.25, 0.3) is 0 Å². The van der Waals surface area contributed by atoms with E-state index in [1.807, 2.05) is 30.3 Å². The summed E-state index contributed by atoms with van der Waals surface area (Å²) in [7, 11) is 0. The highest BCUT2D eigenvalue weighted by Gasteiger charge is 2.14. The molecule has 0 amide bonds. The molecule has 1 aliphatic rings. The first-order chi connectivity index (χ1) is 7.25. The Morgan fingerprint density at radius 2 is 1.73 bits per heavy atom. The lowest BCUT2D eigenvalue weighted by molar-refractivity contribution is -0.116. The summed E-state index contributed by atoms with van der Waals surface area (Å²) in [5.41, 5.74) is 2.10. The predicted molar refractivity (Wildman–Crippen MR) is 65.6 cm³/mol. The van der Waals surface area contributed by atoms with Crippen molar-refractivity contribution in [1.29, 1.82) is 0 Å². The van der Waals surface area contributed by atoms with Crippen molar-refractivity contribution in [2.75, 3.05) is 0 Å². The summed E-state index contributed by atoms with van der Waals surface area (Å²) in [6, 6.07) is 8.05. The van der Waals surface area contributed by atoms with Gasteiger partial charge in [0.15, 0.2) is 5.78 Å². The Labute approximate surface area is 98.3 Å². The van der Waals surface area contributed by atoms with E-state index in [9.17, 15) is 4.79 Å². The van der Waals surface area contributed by atoms with Crippen molar-refractivity contribution >= 4 is 27.8 Å². The van der Waals surface area contributed by atoms with Gasteiger partial charge in [-0.3, -0.25) is 4.79 Å². The number of carbonyl (C=O) groups is 1. The lowest BCUT2D eigenvalue weighted by atomic mass is 9.92. The average molecular weight is 265 g/mol. The van der Waals surface area contributed by atoms with Crippen LogP contribution < -0.4 is 0 Å². The van der Waals surface area contributed by atoms with Gasteiger partial charge in [-0.25, -0.2) is 0 Å². The molecule has 0 heterocycles. The maximum Gasteiger partial charge on any atom is 0.158 e. The third-order valence-corrected chi connectivity index (χ3v) is 3.20. The van der Waals surface area contributed by atoms with Gasteiger partial charge in [0.05, 0.1) is 0 Å². The van der Waals surface area contributed by atoms with Crippen LogP contribution >= 0.6 is 15.9 Å². The molecule has 1 aromatic rings. The van der Waals surface area contributed by atoms with Gasteiger partial charge in [0, 0.05) is 10.9 Å². The molecule has 0 bridgehead atoms. The van der Waals surface area contributed by atoms with Gasteiger partial charge in [-0.1, -0.05) is 28.1 Å². The molecule has 78 valence electrons. The number of hydrogen-bond acceptors (Lipinski definition) is 1. The second-order valence-corrected chi connectivity index (χ2v) is 4.77. The van der Waals surface area contributed by atoms with Crippen LogP contribution in [0.2, 0.25) is 0 Å². The van der Waals surface area contributed by atoms with E-state index in [4.69, 9.17) is 0 Å². The average Bonchev–Trinajstić information content (AvgIpc) is 2.25. The third kappa shape index (κ3) is 2.78. The number of benzene rings is 1. The molecule has 15 heavy (non-hydrogen) atoms. The highest BCUT2D eigenvalue weighted by Crippen LogP contribution is 2.22. The first-order valence-corrected chi connectivity index (χ1v) is 6.04. The molecule has 0 radical (unpaired) electrons. The SMILES string of the molecule is O=C1CCCC/C1=C/c1ccc(Br)cc1. The minimum Gasteiger partial charge on any atom is -0.295 e. The van der Waals surface area contributed by atoms with Crippen LogP contribution in [0.1, 0.15) is 31.2 Å². The monoisotopic (exact) mass is 264 g/mol. The predicted octanol–water partition coefficient (Wildman–Crippen LogP) is 3.98. The molecule has 2 rings (SSSR count). The first-order valence-electron chi connectivity index (χ1n) is 5.25. The summed E-state index contributed by atoms with van der Waals surface area (Å²) < 4.78 is 1.07. The van der Waals surface area contributed by atoms with Crippen LogP contribution in [0.3, 0.4) is 0 Å². The zero-order valence-corrected chi connectivity index (χ0v) is 10.1. The topological polar surface area (TPSA) is 17.1 Å². The summed E-state index contributed by atoms with van der Waals surface area (Å²) in [5.74, 6) is 0.323. The molecule has 1 aromatic carbocycles. The second-order valence-electron chi connectivity index (χ2n) is 3.85. The van der Waals surface area contributed by atoms with Gasteiger partial charge in [0.2, 0.25) is 0 Å². The Morgan fingerprint density at radius 3 is 2.40 bits per heavy atom. The Bertz CT molecular complexity index is 390. The molecular weight excluding hydrogens is 252 g/mol. The Balaban J connectivity index is 2.21. The molecule has 1 fully saturated rings. The number of halogens is 1. The first kappa shape index (κ1) is 10.6. The van der Waals surface area contributed by atoms with E-state index in [1.54, 1.807) is 0 Å². The maximum atomic E-state index is 11.6. The largest absolute Gasteiger partial charge is 0.295 e. The lowest BCUT2D eigenvalue weighted by Gasteiger charge is -2.12. The summed E-state index contributed by atoms with van der Waals surface area (Å²) in [5, 5.41) is 0. The van der Waals surface area contributed by atoms with Crippen molar-refractivity contribution in [2.45, 2.75) is 25.7 Å². The number of hydrogen-bond donors (Lipinski definition) is 0. The van der Waals surface area contributed by atoms with Gasteiger partial charge < -0.3 is 0 Å². The third-order valence-electron chi connectivity index (χ3n) is 2.67. The standard InChI is InChI=1S/C13H13BrO/c14-12-7-5-10(6-8-12)9-11-3-1-2-4-13(11)15/h5-9H,1-4H2/b11-9-. The van der Waals surface area contributed by atoms with Crippen molar-refractivity contribution in [3.05, 3.63) is 39.9 Å². The van der Waals surface area contributed by atoms with Crippen LogP contribution in [0.25, 0.3) is 6.08 Å². The van der Waals surface area contributed by atoms with Gasteiger partial charge in [-0.15, -0.1) is 0 Å². The molecule has 0 N–H and O–H groups in total. The molecule has 0 spiro atoms. The van der Waals surface area contributed by atoms with E-state index < -0.39 is 0 Å². The maximum absolute atomic E-state index is 11.6. The number of carbonyl (C=O) groups excluding carboxylic acids is 1. The number of ketones is 1. The van der Waals surface area contributed by atoms with E-state index in [-0.39, 0.29) is 0 Å². The minimum absolute atomic E-state index is 0.323. The van der Waals surface area contributed by atoms with Crippen molar-refractivity contribution < 1.29 is 4.79 Å². The van der Waals surface area contributed by atoms with Gasteiger partial charge in [-0.05, 0) is 48.6 Å². The summed E-state index contributed by atoms with van der Waals surface area (Å²) in [4.78, 5) is 11.6. The molecule has 2 heteroatoms. The minimum atomic E-state index is 0.323. The molecule has 0 saturated heterocycles. The van der Waals surface area contributed by atoms with Crippen LogP contribution in [0.15, 0.2) is 34.3 Å². The smallest absolute Gasteiger partial charge is 0.158 e. The molecule has 1 saturated carbocycles. The quantitative estimate of drug-likeness (QED) is 0.702. The van der Waals surface area contributed by atoms with Crippen molar-refractivity contribution in [3.63, 3.8) is 0 Å². The summed E-state index contributed by atoms with van der Waals surface area (Å²) >= 11 is 3.39.